The summed E-state index contributed by atoms with van der Waals surface area (Å²) in [5.41, 5.74) is 0. The molecule has 0 aliphatic carbocycles. The van der Waals surface area contributed by atoms with Crippen molar-refractivity contribution in [3.8, 4) is 0 Å². The molecule has 2 heteroatoms. The summed E-state index contributed by atoms with van der Waals surface area (Å²) in [6, 6.07) is 0. The molecular formula is C4H8BN. The van der Waals surface area contributed by atoms with E-state index in [-0.39, 0.29) is 0 Å². The minimum atomic E-state index is 0.296. The van der Waals surface area contributed by atoms with Crippen LogP contribution in [0.1, 0.15) is 12.8 Å². The van der Waals surface area contributed by atoms with Crippen molar-refractivity contribution in [2.24, 2.45) is 0 Å². The second-order valence-electron chi connectivity index (χ2n) is 1.70. The molecule has 1 N–H and O–H groups in total. The van der Waals surface area contributed by atoms with Crippen LogP contribution in [0.25, 0.3) is 0 Å². The number of nitrogens with one attached hydrogen (secondary N) is 1. The molecule has 1 nitrogen and oxygen atoms in total. The monoisotopic (exact) mass is 81.1 g/mol. The quantitative estimate of drug-likeness (QED) is 0.400. The van der Waals surface area contributed by atoms with Gasteiger partial charge in [0.25, 0.3) is 0 Å². The minimum absolute atomic E-state index is 0.296. The van der Waals surface area contributed by atoms with Crippen LogP contribution in [-0.4, -0.2) is 20.3 Å². The predicted octanol–water partition coefficient (Wildman–Crippen LogP) is -0.136. The Morgan fingerprint density at radius 2 is 2.50 bits per heavy atom. The molecule has 6 heavy (non-hydrogen) atoms. The maximum Gasteiger partial charge on any atom is 0.0906 e. The van der Waals surface area contributed by atoms with Crippen molar-refractivity contribution >= 4 is 7.85 Å². The van der Waals surface area contributed by atoms with E-state index in [0.717, 1.165) is 13.0 Å². The summed E-state index contributed by atoms with van der Waals surface area (Å²) in [5, 5.41) is 3.10. The molecule has 1 aliphatic heterocycles. The third kappa shape index (κ3) is 0.746. The lowest BCUT2D eigenvalue weighted by molar-refractivity contribution is 0.794. The molecule has 0 saturated carbocycles. The molecule has 0 spiro atoms. The van der Waals surface area contributed by atoms with Crippen molar-refractivity contribution in [2.75, 3.05) is 6.54 Å². The zero-order chi connectivity index (χ0) is 4.41. The molecule has 1 saturated heterocycles. The zero-order valence-corrected chi connectivity index (χ0v) is 3.78. The van der Waals surface area contributed by atoms with Gasteiger partial charge in [0.05, 0.1) is 7.85 Å². The van der Waals surface area contributed by atoms with Gasteiger partial charge in [0.2, 0.25) is 0 Å². The Morgan fingerprint density at radius 3 is 2.67 bits per heavy atom. The molecule has 32 valence electrons. The largest absolute Gasteiger partial charge is 0.322 e. The Morgan fingerprint density at radius 1 is 1.67 bits per heavy atom. The molecule has 0 bridgehead atoms. The third-order valence-corrected chi connectivity index (χ3v) is 1.10. The third-order valence-electron chi connectivity index (χ3n) is 1.10. The van der Waals surface area contributed by atoms with Gasteiger partial charge in [-0.2, -0.15) is 0 Å². The van der Waals surface area contributed by atoms with Crippen LogP contribution in [0.4, 0.5) is 0 Å². The van der Waals surface area contributed by atoms with Crippen molar-refractivity contribution in [3.05, 3.63) is 0 Å². The normalized spacial score (nSPS) is 34.3. The summed E-state index contributed by atoms with van der Waals surface area (Å²) in [6.45, 7) is 1.11. The van der Waals surface area contributed by atoms with Crippen LogP contribution in [0.5, 0.6) is 0 Å². The van der Waals surface area contributed by atoms with E-state index in [1.807, 2.05) is 0 Å². The summed E-state index contributed by atoms with van der Waals surface area (Å²) in [5.74, 6) is 0.296. The first-order valence-electron chi connectivity index (χ1n) is 2.38. The highest BCUT2D eigenvalue weighted by Crippen LogP contribution is 1.98. The van der Waals surface area contributed by atoms with E-state index in [1.165, 1.54) is 6.42 Å². The van der Waals surface area contributed by atoms with Crippen LogP contribution in [-0.2, 0) is 0 Å². The Labute approximate surface area is 39.5 Å². The van der Waals surface area contributed by atoms with E-state index in [1.54, 1.807) is 0 Å². The first-order valence-corrected chi connectivity index (χ1v) is 2.38. The maximum absolute atomic E-state index is 5.42. The van der Waals surface area contributed by atoms with Crippen molar-refractivity contribution in [1.29, 1.82) is 0 Å². The fourth-order valence-corrected chi connectivity index (χ4v) is 0.711. The fraction of sp³-hybridized carbons (Fsp3) is 1.00. The summed E-state index contributed by atoms with van der Waals surface area (Å²) in [6.07, 6.45) is 2.40. The van der Waals surface area contributed by atoms with Gasteiger partial charge in [-0.1, -0.05) is 0 Å². The molecule has 1 unspecified atom stereocenters. The van der Waals surface area contributed by atoms with E-state index in [0.29, 0.717) is 5.94 Å². The number of rotatable bonds is 0. The fourth-order valence-electron chi connectivity index (χ4n) is 0.711. The highest BCUT2D eigenvalue weighted by atomic mass is 14.9. The molecule has 0 aromatic heterocycles. The maximum atomic E-state index is 5.42. The first kappa shape index (κ1) is 4.19. The Kier molecular flexibility index (Phi) is 1.15. The van der Waals surface area contributed by atoms with E-state index in [4.69, 9.17) is 7.85 Å². The smallest absolute Gasteiger partial charge is 0.0906 e. The molecular weight excluding hydrogens is 72.9 g/mol. The topological polar surface area (TPSA) is 12.0 Å². The lowest BCUT2D eigenvalue weighted by atomic mass is 9.96. The van der Waals surface area contributed by atoms with Gasteiger partial charge in [-0.25, -0.2) is 0 Å². The van der Waals surface area contributed by atoms with E-state index in [2.05, 4.69) is 5.32 Å². The highest BCUT2D eigenvalue weighted by Gasteiger charge is 2.05. The zero-order valence-electron chi connectivity index (χ0n) is 3.78. The van der Waals surface area contributed by atoms with Crippen LogP contribution in [0.3, 0.4) is 0 Å². The number of hydrogen-bond acceptors (Lipinski definition) is 1. The van der Waals surface area contributed by atoms with Gasteiger partial charge < -0.3 is 5.32 Å². The molecule has 2 radical (unpaired) electrons. The van der Waals surface area contributed by atoms with Crippen LogP contribution in [0.15, 0.2) is 0 Å². The van der Waals surface area contributed by atoms with Gasteiger partial charge >= 0.3 is 0 Å². The lowest BCUT2D eigenvalue weighted by Gasteiger charge is -1.95. The van der Waals surface area contributed by atoms with Crippen LogP contribution in [0, 0.1) is 0 Å². The van der Waals surface area contributed by atoms with Crippen molar-refractivity contribution < 1.29 is 0 Å². The molecule has 1 heterocycles. The molecule has 0 aromatic rings. The van der Waals surface area contributed by atoms with E-state index < -0.39 is 0 Å². The average Bonchev–Trinajstić information content (AvgIpc) is 1.86. The minimum Gasteiger partial charge on any atom is -0.322 e. The van der Waals surface area contributed by atoms with Gasteiger partial charge in [0.15, 0.2) is 0 Å². The van der Waals surface area contributed by atoms with Gasteiger partial charge in [0, 0.05) is 0 Å². The Hall–Kier alpha value is 0.0249. The second kappa shape index (κ2) is 1.65. The molecule has 0 aromatic carbocycles. The van der Waals surface area contributed by atoms with Gasteiger partial charge in [-0.3, -0.25) is 0 Å². The molecule has 1 aliphatic rings. The van der Waals surface area contributed by atoms with Crippen molar-refractivity contribution in [1.82, 2.24) is 5.32 Å². The summed E-state index contributed by atoms with van der Waals surface area (Å²) in [4.78, 5) is 0. The second-order valence-corrected chi connectivity index (χ2v) is 1.70. The van der Waals surface area contributed by atoms with Gasteiger partial charge in [-0.05, 0) is 25.3 Å². The van der Waals surface area contributed by atoms with Crippen LogP contribution < -0.4 is 5.32 Å². The van der Waals surface area contributed by atoms with Crippen LogP contribution >= 0.6 is 0 Å². The summed E-state index contributed by atoms with van der Waals surface area (Å²) >= 11 is 0. The first-order chi connectivity index (χ1) is 2.89. The molecule has 1 rings (SSSR count). The molecule has 1 atom stereocenters. The lowest BCUT2D eigenvalue weighted by Crippen LogP contribution is -2.20. The Bertz CT molecular complexity index is 40.8. The van der Waals surface area contributed by atoms with Gasteiger partial charge in [-0.15, -0.1) is 0 Å². The SMILES string of the molecule is [B]C1CCCN1. The van der Waals surface area contributed by atoms with Crippen LogP contribution in [0.2, 0.25) is 0 Å². The average molecular weight is 80.9 g/mol. The number of hydrogen-bond donors (Lipinski definition) is 1. The van der Waals surface area contributed by atoms with Crippen molar-refractivity contribution in [3.63, 3.8) is 0 Å². The summed E-state index contributed by atoms with van der Waals surface area (Å²) < 4.78 is 0. The summed E-state index contributed by atoms with van der Waals surface area (Å²) in [7, 11) is 5.42. The molecule has 1 fully saturated rings. The predicted molar refractivity (Wildman–Crippen MR) is 26.8 cm³/mol. The Balaban J connectivity index is 2.18. The van der Waals surface area contributed by atoms with Gasteiger partial charge in [0.1, 0.15) is 0 Å². The highest BCUT2D eigenvalue weighted by molar-refractivity contribution is 6.11. The van der Waals surface area contributed by atoms with E-state index >= 15 is 0 Å². The van der Waals surface area contributed by atoms with E-state index in [9.17, 15) is 0 Å². The standard InChI is InChI=1S/C4H8BN/c5-4-2-1-3-6-4/h4,6H,1-3H2. The molecule has 0 amide bonds. The van der Waals surface area contributed by atoms with Crippen molar-refractivity contribution in [2.45, 2.75) is 18.8 Å².